The van der Waals surface area contributed by atoms with Gasteiger partial charge in [0.2, 0.25) is 0 Å². The van der Waals surface area contributed by atoms with E-state index in [1.807, 2.05) is 6.92 Å². The van der Waals surface area contributed by atoms with E-state index in [2.05, 4.69) is 39.1 Å². The monoisotopic (exact) mass is 446 g/mol. The molecular weight excluding hydrogens is 431 g/mol. The number of hydrogen-bond donors (Lipinski definition) is 0. The Hall–Kier alpha value is -0.930. The van der Waals surface area contributed by atoms with Gasteiger partial charge >= 0.3 is 0 Å². The molecule has 1 aromatic carbocycles. The van der Waals surface area contributed by atoms with Crippen molar-refractivity contribution in [3.8, 4) is 0 Å². The standard InChI is InChI=1S/C15H15IN2O2S2/c1-11-9-15(21-10-11)14-3-2-8-18(17-14)22(19,20)13-6-4-12(16)5-7-13/h4-7,9-10H,2-3,8H2,1H3. The van der Waals surface area contributed by atoms with Crippen molar-refractivity contribution < 1.29 is 8.42 Å². The molecule has 1 aliphatic heterocycles. The number of rotatable bonds is 3. The number of sulfonamides is 1. The van der Waals surface area contributed by atoms with Gasteiger partial charge in [0.1, 0.15) is 0 Å². The number of aryl methyl sites for hydroxylation is 1. The third-order valence-corrected chi connectivity index (χ3v) is 6.90. The van der Waals surface area contributed by atoms with Gasteiger partial charge in [-0.2, -0.15) is 17.9 Å². The average Bonchev–Trinajstić information content (AvgIpc) is 2.94. The van der Waals surface area contributed by atoms with E-state index in [0.717, 1.165) is 27.0 Å². The normalized spacial score (nSPS) is 15.7. The highest BCUT2D eigenvalue weighted by Crippen LogP contribution is 2.25. The second-order valence-electron chi connectivity index (χ2n) is 5.14. The highest BCUT2D eigenvalue weighted by atomic mass is 127. The molecule has 0 spiro atoms. The summed E-state index contributed by atoms with van der Waals surface area (Å²) in [6, 6.07) is 8.92. The van der Waals surface area contributed by atoms with Gasteiger partial charge < -0.3 is 0 Å². The molecule has 2 aromatic rings. The Kier molecular flexibility index (Phi) is 4.56. The molecule has 0 radical (unpaired) electrons. The van der Waals surface area contributed by atoms with E-state index >= 15 is 0 Å². The number of benzene rings is 1. The molecule has 22 heavy (non-hydrogen) atoms. The lowest BCUT2D eigenvalue weighted by Crippen LogP contribution is -2.32. The maximum Gasteiger partial charge on any atom is 0.279 e. The third kappa shape index (κ3) is 3.21. The number of nitrogens with zero attached hydrogens (tertiary/aromatic N) is 2. The molecule has 1 aromatic heterocycles. The van der Waals surface area contributed by atoms with Crippen molar-refractivity contribution in [3.63, 3.8) is 0 Å². The van der Waals surface area contributed by atoms with E-state index < -0.39 is 10.0 Å². The summed E-state index contributed by atoms with van der Waals surface area (Å²) in [5, 5.41) is 6.47. The van der Waals surface area contributed by atoms with E-state index in [4.69, 9.17) is 0 Å². The topological polar surface area (TPSA) is 49.7 Å². The summed E-state index contributed by atoms with van der Waals surface area (Å²) in [5.41, 5.74) is 2.04. The fourth-order valence-corrected chi connectivity index (χ4v) is 4.85. The molecule has 0 saturated heterocycles. The highest BCUT2D eigenvalue weighted by Gasteiger charge is 2.26. The van der Waals surface area contributed by atoms with Crippen LogP contribution in [0.25, 0.3) is 0 Å². The van der Waals surface area contributed by atoms with Gasteiger partial charge in [0.25, 0.3) is 10.0 Å². The van der Waals surface area contributed by atoms with Crippen LogP contribution >= 0.6 is 33.9 Å². The van der Waals surface area contributed by atoms with E-state index in [9.17, 15) is 8.42 Å². The summed E-state index contributed by atoms with van der Waals surface area (Å²) in [6.07, 6.45) is 1.61. The van der Waals surface area contributed by atoms with E-state index in [0.29, 0.717) is 11.4 Å². The minimum Gasteiger partial charge on any atom is -0.200 e. The largest absolute Gasteiger partial charge is 0.279 e. The molecule has 3 rings (SSSR count). The van der Waals surface area contributed by atoms with Crippen molar-refractivity contribution in [3.05, 3.63) is 49.7 Å². The van der Waals surface area contributed by atoms with Crippen molar-refractivity contribution in [2.45, 2.75) is 24.7 Å². The number of hydrogen-bond acceptors (Lipinski definition) is 4. The van der Waals surface area contributed by atoms with Crippen molar-refractivity contribution in [1.29, 1.82) is 0 Å². The fourth-order valence-electron chi connectivity index (χ4n) is 2.27. The minimum atomic E-state index is -3.57. The summed E-state index contributed by atoms with van der Waals surface area (Å²) < 4.78 is 27.6. The van der Waals surface area contributed by atoms with Gasteiger partial charge in [0.15, 0.2) is 0 Å². The lowest BCUT2D eigenvalue weighted by atomic mass is 10.1. The van der Waals surface area contributed by atoms with Crippen LogP contribution in [0.3, 0.4) is 0 Å². The van der Waals surface area contributed by atoms with Crippen molar-refractivity contribution in [2.75, 3.05) is 6.54 Å². The van der Waals surface area contributed by atoms with Gasteiger partial charge in [-0.05, 0) is 83.6 Å². The van der Waals surface area contributed by atoms with Crippen molar-refractivity contribution in [1.82, 2.24) is 4.41 Å². The zero-order valence-corrected chi connectivity index (χ0v) is 15.8. The van der Waals surface area contributed by atoms with Crippen molar-refractivity contribution >= 4 is 49.7 Å². The van der Waals surface area contributed by atoms with Crippen LogP contribution in [0, 0.1) is 10.5 Å². The lowest BCUT2D eigenvalue weighted by Gasteiger charge is -2.24. The van der Waals surface area contributed by atoms with E-state index in [1.165, 1.54) is 9.98 Å². The number of hydrazone groups is 1. The molecule has 1 aliphatic rings. The van der Waals surface area contributed by atoms with Crippen LogP contribution < -0.4 is 0 Å². The first-order chi connectivity index (χ1) is 10.5. The van der Waals surface area contributed by atoms with Gasteiger partial charge in [-0.1, -0.05) is 0 Å². The average molecular weight is 446 g/mol. The Bertz CT molecular complexity index is 810. The maximum absolute atomic E-state index is 12.7. The molecule has 116 valence electrons. The zero-order chi connectivity index (χ0) is 15.7. The quantitative estimate of drug-likeness (QED) is 0.673. The lowest BCUT2D eigenvalue weighted by molar-refractivity contribution is 0.410. The predicted molar refractivity (Wildman–Crippen MR) is 97.9 cm³/mol. The van der Waals surface area contributed by atoms with E-state index in [-0.39, 0.29) is 0 Å². The Balaban J connectivity index is 1.95. The zero-order valence-electron chi connectivity index (χ0n) is 12.0. The van der Waals surface area contributed by atoms with Gasteiger partial charge in [0.05, 0.1) is 22.0 Å². The Labute approximate surface area is 148 Å². The molecule has 7 heteroatoms. The molecule has 0 aliphatic carbocycles. The molecule has 0 atom stereocenters. The number of thiophene rings is 1. The smallest absolute Gasteiger partial charge is 0.200 e. The third-order valence-electron chi connectivity index (χ3n) is 3.40. The van der Waals surface area contributed by atoms with Crippen LogP contribution in [0.1, 0.15) is 23.3 Å². The molecule has 0 saturated carbocycles. The molecule has 0 unspecified atom stereocenters. The second-order valence-corrected chi connectivity index (χ2v) is 9.14. The fraction of sp³-hybridized carbons (Fsp3) is 0.267. The Morgan fingerprint density at radius 1 is 1.27 bits per heavy atom. The van der Waals surface area contributed by atoms with Gasteiger partial charge in [-0.25, -0.2) is 0 Å². The van der Waals surface area contributed by atoms with Gasteiger partial charge in [-0.15, -0.1) is 11.3 Å². The Morgan fingerprint density at radius 2 is 2.00 bits per heavy atom. The summed E-state index contributed by atoms with van der Waals surface area (Å²) in [7, 11) is -3.57. The van der Waals surface area contributed by atoms with Gasteiger partial charge in [-0.3, -0.25) is 0 Å². The first-order valence-corrected chi connectivity index (χ1v) is 10.3. The minimum absolute atomic E-state index is 0.292. The molecular formula is C15H15IN2O2S2. The van der Waals surface area contributed by atoms with Crippen LogP contribution in [0.2, 0.25) is 0 Å². The molecule has 2 heterocycles. The molecule has 0 N–H and O–H groups in total. The SMILES string of the molecule is Cc1csc(C2=NN(S(=O)(=O)c3ccc(I)cc3)CCC2)c1. The summed E-state index contributed by atoms with van der Waals surface area (Å²) in [4.78, 5) is 1.35. The molecule has 0 bridgehead atoms. The predicted octanol–water partition coefficient (Wildman–Crippen LogP) is 3.85. The van der Waals surface area contributed by atoms with Crippen LogP contribution in [-0.2, 0) is 10.0 Å². The van der Waals surface area contributed by atoms with Crippen LogP contribution in [0.4, 0.5) is 0 Å². The molecule has 4 nitrogen and oxygen atoms in total. The molecule has 0 amide bonds. The van der Waals surface area contributed by atoms with Gasteiger partial charge in [0, 0.05) is 3.57 Å². The first kappa shape index (κ1) is 15.9. The van der Waals surface area contributed by atoms with Crippen LogP contribution in [-0.4, -0.2) is 25.1 Å². The maximum atomic E-state index is 12.7. The molecule has 0 fully saturated rings. The number of halogens is 1. The second kappa shape index (κ2) is 6.29. The van der Waals surface area contributed by atoms with Crippen molar-refractivity contribution in [2.24, 2.45) is 5.10 Å². The summed E-state index contributed by atoms with van der Waals surface area (Å²) in [6.45, 7) is 2.46. The highest BCUT2D eigenvalue weighted by molar-refractivity contribution is 14.1. The summed E-state index contributed by atoms with van der Waals surface area (Å²) >= 11 is 3.77. The van der Waals surface area contributed by atoms with E-state index in [1.54, 1.807) is 35.6 Å². The van der Waals surface area contributed by atoms with Crippen LogP contribution in [0.15, 0.2) is 45.7 Å². The first-order valence-electron chi connectivity index (χ1n) is 6.88. The summed E-state index contributed by atoms with van der Waals surface area (Å²) in [5.74, 6) is 0. The van der Waals surface area contributed by atoms with Crippen LogP contribution in [0.5, 0.6) is 0 Å². The Morgan fingerprint density at radius 3 is 2.64 bits per heavy atom.